The monoisotopic (exact) mass is 536 g/mol. The van der Waals surface area contributed by atoms with Crippen molar-refractivity contribution in [3.05, 3.63) is 0 Å². The Kier molecular flexibility index (Phi) is 12.9. The second-order valence-electron chi connectivity index (χ2n) is 8.80. The summed E-state index contributed by atoms with van der Waals surface area (Å²) in [6, 6.07) is 0. The molecule has 0 amide bonds. The summed E-state index contributed by atoms with van der Waals surface area (Å²) in [6.07, 6.45) is 1.58. The molecular weight excluding hydrogens is 501 g/mol. The molecule has 0 unspecified atom stereocenters. The first-order valence-corrected chi connectivity index (χ1v) is 15.1. The number of carbonyl (C=O) groups excluding carboxylic acids is 2. The van der Waals surface area contributed by atoms with E-state index in [4.69, 9.17) is 4.74 Å². The molecule has 0 atom stereocenters. The van der Waals surface area contributed by atoms with E-state index in [1.807, 2.05) is 0 Å². The van der Waals surface area contributed by atoms with Crippen molar-refractivity contribution in [1.29, 1.82) is 0 Å². The van der Waals surface area contributed by atoms with Crippen LogP contribution in [-0.4, -0.2) is 71.2 Å². The van der Waals surface area contributed by atoms with Gasteiger partial charge >= 0.3 is 18.1 Å². The highest BCUT2D eigenvalue weighted by molar-refractivity contribution is 7.91. The average Bonchev–Trinajstić information content (AvgIpc) is 2.72. The van der Waals surface area contributed by atoms with Crippen LogP contribution >= 0.6 is 0 Å². The van der Waals surface area contributed by atoms with Gasteiger partial charge in [0.05, 0.1) is 36.2 Å². The molecule has 13 heteroatoms. The summed E-state index contributed by atoms with van der Waals surface area (Å²) >= 11 is 0. The average molecular weight is 537 g/mol. The van der Waals surface area contributed by atoms with E-state index >= 15 is 0 Å². The molecule has 0 saturated carbocycles. The molecule has 2 aliphatic rings. The van der Waals surface area contributed by atoms with Crippen LogP contribution < -0.4 is 0 Å². The molecular formula is C21H35F3O8S2. The Morgan fingerprint density at radius 2 is 1.15 bits per heavy atom. The summed E-state index contributed by atoms with van der Waals surface area (Å²) in [4.78, 5) is 20.9. The summed E-state index contributed by atoms with van der Waals surface area (Å²) in [5, 5.41) is 0. The molecule has 0 bridgehead atoms. The lowest BCUT2D eigenvalue weighted by molar-refractivity contribution is -0.199. The predicted octanol–water partition coefficient (Wildman–Crippen LogP) is 3.24. The zero-order chi connectivity index (χ0) is 25.8. The summed E-state index contributed by atoms with van der Waals surface area (Å²) in [5.74, 6) is -0.695. The van der Waals surface area contributed by atoms with E-state index in [0.717, 1.165) is 32.1 Å². The molecule has 0 aromatic heterocycles. The maximum Gasteiger partial charge on any atom is 0.490 e. The number of hydrogen-bond donors (Lipinski definition) is 0. The number of sulfone groups is 2. The Balaban J connectivity index is 0.000000342. The Labute approximate surface area is 199 Å². The normalized spacial score (nSPS) is 20.6. The van der Waals surface area contributed by atoms with E-state index in [-0.39, 0.29) is 30.0 Å². The molecule has 0 aromatic rings. The number of rotatable bonds is 9. The lowest BCUT2D eigenvalue weighted by Crippen LogP contribution is -2.26. The summed E-state index contributed by atoms with van der Waals surface area (Å²) in [7, 11) is -5.64. The quantitative estimate of drug-likeness (QED) is 0.325. The highest BCUT2D eigenvalue weighted by Crippen LogP contribution is 2.24. The Hall–Kier alpha value is -1.37. The van der Waals surface area contributed by atoms with Crippen LogP contribution in [-0.2, 0) is 38.7 Å². The summed E-state index contributed by atoms with van der Waals surface area (Å²) in [5.41, 5.74) is 0. The van der Waals surface area contributed by atoms with Gasteiger partial charge in [0.15, 0.2) is 0 Å². The first-order chi connectivity index (χ1) is 15.7. The molecule has 0 radical (unpaired) electrons. The van der Waals surface area contributed by atoms with Crippen LogP contribution in [0.4, 0.5) is 13.2 Å². The number of halogens is 3. The fourth-order valence-corrected chi connectivity index (χ4v) is 7.00. The second kappa shape index (κ2) is 14.3. The number of ether oxygens (including phenoxy) is 2. The summed E-state index contributed by atoms with van der Waals surface area (Å²) < 4.78 is 88.9. The van der Waals surface area contributed by atoms with Crippen LogP contribution in [0.3, 0.4) is 0 Å². The van der Waals surface area contributed by atoms with Gasteiger partial charge in [-0.15, -0.1) is 0 Å². The molecule has 0 spiro atoms. The number of unbranched alkanes of at least 4 members (excludes halogenated alkanes) is 1. The maximum atomic E-state index is 11.8. The van der Waals surface area contributed by atoms with Crippen LogP contribution in [0.2, 0.25) is 0 Å². The zero-order valence-electron chi connectivity index (χ0n) is 19.5. The predicted molar refractivity (Wildman–Crippen MR) is 119 cm³/mol. The van der Waals surface area contributed by atoms with Crippen molar-refractivity contribution in [2.45, 2.75) is 70.9 Å². The molecule has 0 N–H and O–H groups in total. The van der Waals surface area contributed by atoms with Gasteiger partial charge in [-0.05, 0) is 63.2 Å². The first kappa shape index (κ1) is 30.7. The molecule has 2 saturated heterocycles. The van der Waals surface area contributed by atoms with Gasteiger partial charge in [-0.1, -0.05) is 6.42 Å². The first-order valence-electron chi connectivity index (χ1n) is 11.5. The van der Waals surface area contributed by atoms with E-state index in [1.165, 1.54) is 6.92 Å². The topological polar surface area (TPSA) is 121 Å². The number of carbonyl (C=O) groups is 2. The smallest absolute Gasteiger partial charge is 0.466 e. The van der Waals surface area contributed by atoms with Crippen molar-refractivity contribution >= 4 is 31.6 Å². The largest absolute Gasteiger partial charge is 0.490 e. The van der Waals surface area contributed by atoms with E-state index in [0.29, 0.717) is 49.7 Å². The van der Waals surface area contributed by atoms with Gasteiger partial charge in [-0.25, -0.2) is 21.6 Å². The molecule has 2 aliphatic heterocycles. The fourth-order valence-electron chi connectivity index (χ4n) is 3.82. The molecule has 200 valence electrons. The number of alkyl halides is 3. The molecule has 34 heavy (non-hydrogen) atoms. The van der Waals surface area contributed by atoms with Gasteiger partial charge in [0, 0.05) is 6.92 Å². The van der Waals surface area contributed by atoms with Crippen LogP contribution in [0.5, 0.6) is 0 Å². The molecule has 0 aromatic carbocycles. The van der Waals surface area contributed by atoms with Crippen molar-refractivity contribution < 1.29 is 49.1 Å². The van der Waals surface area contributed by atoms with Crippen molar-refractivity contribution in [2.75, 3.05) is 36.2 Å². The zero-order valence-corrected chi connectivity index (χ0v) is 21.1. The third kappa shape index (κ3) is 14.1. The lowest BCUT2D eigenvalue weighted by atomic mass is 9.96. The second-order valence-corrected chi connectivity index (χ2v) is 13.4. The van der Waals surface area contributed by atoms with Gasteiger partial charge in [0.25, 0.3) is 0 Å². The highest BCUT2D eigenvalue weighted by atomic mass is 32.2. The Bertz CT molecular complexity index is 826. The van der Waals surface area contributed by atoms with Gasteiger partial charge < -0.3 is 9.47 Å². The van der Waals surface area contributed by atoms with Gasteiger partial charge in [-0.2, -0.15) is 13.2 Å². The lowest BCUT2D eigenvalue weighted by Gasteiger charge is -2.21. The van der Waals surface area contributed by atoms with E-state index in [1.54, 1.807) is 0 Å². The number of hydrogen-bond acceptors (Lipinski definition) is 8. The molecule has 2 heterocycles. The minimum atomic E-state index is -4.95. The van der Waals surface area contributed by atoms with Gasteiger partial charge in [0.2, 0.25) is 0 Å². The van der Waals surface area contributed by atoms with Crippen molar-refractivity contribution in [3.63, 3.8) is 0 Å². The Morgan fingerprint density at radius 3 is 1.56 bits per heavy atom. The molecule has 2 rings (SSSR count). The maximum absolute atomic E-state index is 11.8. The van der Waals surface area contributed by atoms with E-state index < -0.39 is 31.8 Å². The van der Waals surface area contributed by atoms with Crippen molar-refractivity contribution in [2.24, 2.45) is 11.8 Å². The standard InChI is InChI=1S/C11H20O4S.C10H15F3O4S/c1-10(12)15-7-3-2-4-11-5-8-16(13,14)9-6-11;11-10(12,13)9(14)17-5-1-2-8-3-6-18(15,16)7-4-8/h11H,2-9H2,1H3;8H,1-7H2. The number of esters is 2. The summed E-state index contributed by atoms with van der Waals surface area (Å²) in [6.45, 7) is 1.62. The Morgan fingerprint density at radius 1 is 0.735 bits per heavy atom. The van der Waals surface area contributed by atoms with E-state index in [2.05, 4.69) is 4.74 Å². The molecule has 8 nitrogen and oxygen atoms in total. The molecule has 2 fully saturated rings. The van der Waals surface area contributed by atoms with Crippen LogP contribution in [0.1, 0.15) is 64.7 Å². The van der Waals surface area contributed by atoms with Gasteiger partial charge in [0.1, 0.15) is 19.7 Å². The van der Waals surface area contributed by atoms with Crippen LogP contribution in [0, 0.1) is 11.8 Å². The van der Waals surface area contributed by atoms with Crippen molar-refractivity contribution in [3.8, 4) is 0 Å². The fraction of sp³-hybridized carbons (Fsp3) is 0.905. The van der Waals surface area contributed by atoms with Crippen LogP contribution in [0.25, 0.3) is 0 Å². The minimum Gasteiger partial charge on any atom is -0.466 e. The minimum absolute atomic E-state index is 0.139. The highest BCUT2D eigenvalue weighted by Gasteiger charge is 2.40. The third-order valence-electron chi connectivity index (χ3n) is 5.88. The van der Waals surface area contributed by atoms with E-state index in [9.17, 15) is 39.6 Å². The molecule has 0 aliphatic carbocycles. The SMILES string of the molecule is CC(=O)OCCCCC1CCS(=O)(=O)CC1.O=C(OCCCC1CCS(=O)(=O)CC1)C(F)(F)F. The van der Waals surface area contributed by atoms with Crippen LogP contribution in [0.15, 0.2) is 0 Å². The third-order valence-corrected chi connectivity index (χ3v) is 9.31. The van der Waals surface area contributed by atoms with Crippen molar-refractivity contribution in [1.82, 2.24) is 0 Å². The van der Waals surface area contributed by atoms with Gasteiger partial charge in [-0.3, -0.25) is 4.79 Å².